The summed E-state index contributed by atoms with van der Waals surface area (Å²) in [5, 5.41) is 6.51. The zero-order chi connectivity index (χ0) is 18.1. The molecule has 2 aliphatic rings. The van der Waals surface area contributed by atoms with E-state index in [1.165, 1.54) is 6.20 Å². The van der Waals surface area contributed by atoms with Crippen LogP contribution in [0.1, 0.15) is 15.9 Å². The number of benzene rings is 1. The third-order valence-electron chi connectivity index (χ3n) is 4.36. The normalized spacial score (nSPS) is 16.5. The number of hydrogen-bond acceptors (Lipinski definition) is 5. The second-order valence-electron chi connectivity index (χ2n) is 6.26. The van der Waals surface area contributed by atoms with Gasteiger partial charge in [0.05, 0.1) is 43.6 Å². The molecule has 0 bridgehead atoms. The minimum absolute atomic E-state index is 0.0310. The van der Waals surface area contributed by atoms with Gasteiger partial charge >= 0.3 is 0 Å². The van der Waals surface area contributed by atoms with Crippen molar-refractivity contribution in [1.29, 1.82) is 0 Å². The van der Waals surface area contributed by atoms with E-state index in [2.05, 4.69) is 15.6 Å². The monoisotopic (exact) mass is 372 g/mol. The van der Waals surface area contributed by atoms with Crippen LogP contribution >= 0.6 is 11.6 Å². The number of rotatable bonds is 4. The van der Waals surface area contributed by atoms with Crippen LogP contribution < -0.4 is 15.5 Å². The molecular weight excluding hydrogens is 356 g/mol. The van der Waals surface area contributed by atoms with Gasteiger partial charge in [0.1, 0.15) is 0 Å². The van der Waals surface area contributed by atoms with Crippen LogP contribution in [0, 0.1) is 0 Å². The summed E-state index contributed by atoms with van der Waals surface area (Å²) in [6, 6.07) is 9.04. The van der Waals surface area contributed by atoms with Crippen LogP contribution in [0.25, 0.3) is 0 Å². The molecule has 134 valence electrons. The quantitative estimate of drug-likeness (QED) is 0.855. The van der Waals surface area contributed by atoms with Crippen LogP contribution in [0.4, 0.5) is 11.5 Å². The van der Waals surface area contributed by atoms with Gasteiger partial charge in [0, 0.05) is 11.2 Å². The molecule has 2 N–H and O–H groups in total. The van der Waals surface area contributed by atoms with Gasteiger partial charge in [-0.05, 0) is 23.8 Å². The van der Waals surface area contributed by atoms with Crippen molar-refractivity contribution in [3.05, 3.63) is 52.7 Å². The highest BCUT2D eigenvalue weighted by Crippen LogP contribution is 2.30. The van der Waals surface area contributed by atoms with Crippen molar-refractivity contribution >= 4 is 34.9 Å². The fourth-order valence-corrected chi connectivity index (χ4v) is 2.97. The molecule has 1 fully saturated rings. The second kappa shape index (κ2) is 6.93. The Hall–Kier alpha value is -2.64. The van der Waals surface area contributed by atoms with Gasteiger partial charge in [-0.25, -0.2) is 4.98 Å². The lowest BCUT2D eigenvalue weighted by Crippen LogP contribution is -2.48. The molecule has 0 spiro atoms. The smallest absolute Gasteiger partial charge is 0.253 e. The second-order valence-corrected chi connectivity index (χ2v) is 6.70. The van der Waals surface area contributed by atoms with E-state index >= 15 is 0 Å². The fourth-order valence-electron chi connectivity index (χ4n) is 2.84. The zero-order valence-corrected chi connectivity index (χ0v) is 14.6. The van der Waals surface area contributed by atoms with Gasteiger partial charge < -0.3 is 20.3 Å². The SMILES string of the molecule is O=C(NC1COC1)c1cnc2c(c1)N(Cc1ccc(Cl)cc1)C(=O)CN2. The molecule has 0 atom stereocenters. The molecule has 2 aromatic rings. The van der Waals surface area contributed by atoms with Crippen molar-refractivity contribution < 1.29 is 14.3 Å². The van der Waals surface area contributed by atoms with Gasteiger partial charge in [0.25, 0.3) is 5.91 Å². The lowest BCUT2D eigenvalue weighted by atomic mass is 10.1. The van der Waals surface area contributed by atoms with Crippen LogP contribution in [-0.2, 0) is 16.1 Å². The Morgan fingerprint density at radius 1 is 1.35 bits per heavy atom. The van der Waals surface area contributed by atoms with Gasteiger partial charge in [-0.3, -0.25) is 9.59 Å². The van der Waals surface area contributed by atoms with E-state index in [1.807, 2.05) is 12.1 Å². The van der Waals surface area contributed by atoms with E-state index in [1.54, 1.807) is 23.1 Å². The minimum Gasteiger partial charge on any atom is -0.377 e. The highest BCUT2D eigenvalue weighted by Gasteiger charge is 2.27. The van der Waals surface area contributed by atoms with Crippen LogP contribution in [0.3, 0.4) is 0 Å². The van der Waals surface area contributed by atoms with Crippen molar-refractivity contribution in [2.24, 2.45) is 0 Å². The van der Waals surface area contributed by atoms with Crippen molar-refractivity contribution in [3.8, 4) is 0 Å². The predicted molar refractivity (Wildman–Crippen MR) is 97.4 cm³/mol. The maximum atomic E-state index is 12.4. The van der Waals surface area contributed by atoms with Crippen molar-refractivity contribution in [2.45, 2.75) is 12.6 Å². The van der Waals surface area contributed by atoms with E-state index in [-0.39, 0.29) is 24.4 Å². The number of anilines is 2. The zero-order valence-electron chi connectivity index (χ0n) is 13.9. The van der Waals surface area contributed by atoms with Crippen molar-refractivity contribution in [3.63, 3.8) is 0 Å². The highest BCUT2D eigenvalue weighted by molar-refractivity contribution is 6.30. The first-order valence-corrected chi connectivity index (χ1v) is 8.65. The Bertz CT molecular complexity index is 852. The molecule has 1 aromatic carbocycles. The number of halogens is 1. The molecule has 7 nitrogen and oxygen atoms in total. The summed E-state index contributed by atoms with van der Waals surface area (Å²) in [4.78, 5) is 30.8. The van der Waals surface area contributed by atoms with Gasteiger partial charge in [0.15, 0.2) is 5.82 Å². The number of aromatic nitrogens is 1. The summed E-state index contributed by atoms with van der Waals surface area (Å²) in [5.41, 5.74) is 1.94. The molecule has 0 saturated carbocycles. The average Bonchev–Trinajstić information content (AvgIpc) is 2.61. The number of carbonyl (C=O) groups excluding carboxylic acids is 2. The summed E-state index contributed by atoms with van der Waals surface area (Å²) < 4.78 is 5.07. The number of ether oxygens (including phenoxy) is 1. The van der Waals surface area contributed by atoms with Crippen molar-refractivity contribution in [2.75, 3.05) is 30.0 Å². The largest absolute Gasteiger partial charge is 0.377 e. The standard InChI is InChI=1S/C18H17ClN4O3/c19-13-3-1-11(2-4-13)8-23-15-5-12(18(25)22-14-9-26-10-14)6-20-17(15)21-7-16(23)24/h1-6,14H,7-10H2,(H,20,21)(H,22,25). The van der Waals surface area contributed by atoms with Crippen LogP contribution in [0.5, 0.6) is 0 Å². The number of nitrogens with one attached hydrogen (secondary N) is 2. The molecule has 4 rings (SSSR count). The van der Waals surface area contributed by atoms with E-state index < -0.39 is 0 Å². The number of pyridine rings is 1. The Morgan fingerprint density at radius 3 is 2.81 bits per heavy atom. The maximum Gasteiger partial charge on any atom is 0.253 e. The molecule has 3 heterocycles. The van der Waals surface area contributed by atoms with Crippen molar-refractivity contribution in [1.82, 2.24) is 10.3 Å². The maximum absolute atomic E-state index is 12.4. The number of fused-ring (bicyclic) bond motifs is 1. The van der Waals surface area contributed by atoms with E-state index in [9.17, 15) is 9.59 Å². The van der Waals surface area contributed by atoms with Crippen LogP contribution in [-0.4, -0.2) is 42.6 Å². The van der Waals surface area contributed by atoms with E-state index in [4.69, 9.17) is 16.3 Å². The summed E-state index contributed by atoms with van der Waals surface area (Å²) >= 11 is 5.92. The molecule has 1 saturated heterocycles. The van der Waals surface area contributed by atoms with E-state index in [0.29, 0.717) is 41.8 Å². The number of carbonyl (C=O) groups is 2. The Labute approximate surface area is 155 Å². The van der Waals surface area contributed by atoms with E-state index in [0.717, 1.165) is 5.56 Å². The summed E-state index contributed by atoms with van der Waals surface area (Å²) in [7, 11) is 0. The molecular formula is C18H17ClN4O3. The lowest BCUT2D eigenvalue weighted by Gasteiger charge is -2.30. The molecule has 2 aliphatic heterocycles. The number of amides is 2. The van der Waals surface area contributed by atoms with Gasteiger partial charge in [-0.1, -0.05) is 23.7 Å². The average molecular weight is 373 g/mol. The number of hydrogen-bond donors (Lipinski definition) is 2. The Balaban J connectivity index is 1.60. The third-order valence-corrected chi connectivity index (χ3v) is 4.61. The van der Waals surface area contributed by atoms with Gasteiger partial charge in [0.2, 0.25) is 5.91 Å². The van der Waals surface area contributed by atoms with Gasteiger partial charge in [-0.2, -0.15) is 0 Å². The van der Waals surface area contributed by atoms with Crippen LogP contribution in [0.2, 0.25) is 5.02 Å². The molecule has 2 amide bonds. The molecule has 0 radical (unpaired) electrons. The topological polar surface area (TPSA) is 83.6 Å². The fraction of sp³-hybridized carbons (Fsp3) is 0.278. The Kier molecular flexibility index (Phi) is 4.48. The van der Waals surface area contributed by atoms with Crippen LogP contribution in [0.15, 0.2) is 36.5 Å². The highest BCUT2D eigenvalue weighted by atomic mass is 35.5. The predicted octanol–water partition coefficient (Wildman–Crippen LogP) is 1.82. The first-order valence-electron chi connectivity index (χ1n) is 8.27. The molecule has 8 heteroatoms. The van der Waals surface area contributed by atoms with Gasteiger partial charge in [-0.15, -0.1) is 0 Å². The minimum atomic E-state index is -0.224. The first-order chi connectivity index (χ1) is 12.6. The summed E-state index contributed by atoms with van der Waals surface area (Å²) in [6.45, 7) is 1.59. The summed E-state index contributed by atoms with van der Waals surface area (Å²) in [6.07, 6.45) is 1.51. The Morgan fingerprint density at radius 2 is 2.12 bits per heavy atom. The lowest BCUT2D eigenvalue weighted by molar-refractivity contribution is -0.117. The molecule has 1 aromatic heterocycles. The number of nitrogens with zero attached hydrogens (tertiary/aromatic N) is 2. The summed E-state index contributed by atoms with van der Waals surface area (Å²) in [5.74, 6) is 0.277. The molecule has 26 heavy (non-hydrogen) atoms. The molecule has 0 unspecified atom stereocenters. The third kappa shape index (κ3) is 3.36. The first kappa shape index (κ1) is 16.8. The molecule has 0 aliphatic carbocycles.